The molecule has 18 heavy (non-hydrogen) atoms. The van der Waals surface area contributed by atoms with E-state index >= 15 is 0 Å². The summed E-state index contributed by atoms with van der Waals surface area (Å²) >= 11 is 0. The van der Waals surface area contributed by atoms with Gasteiger partial charge < -0.3 is 14.8 Å². The highest BCUT2D eigenvalue weighted by Crippen LogP contribution is 2.18. The summed E-state index contributed by atoms with van der Waals surface area (Å²) in [5, 5.41) is 3.38. The van der Waals surface area contributed by atoms with Crippen molar-refractivity contribution in [3.8, 4) is 0 Å². The average Bonchev–Trinajstić information content (AvgIpc) is 3.10. The van der Waals surface area contributed by atoms with Gasteiger partial charge >= 0.3 is 0 Å². The molecule has 1 amide bonds. The zero-order valence-corrected chi connectivity index (χ0v) is 10.6. The number of hydrogen-bond acceptors (Lipinski definition) is 3. The summed E-state index contributed by atoms with van der Waals surface area (Å²) in [6.45, 7) is 3.85. The molecule has 2 fully saturated rings. The lowest BCUT2D eigenvalue weighted by Gasteiger charge is -2.23. The van der Waals surface area contributed by atoms with Gasteiger partial charge in [0.2, 0.25) is 0 Å². The van der Waals surface area contributed by atoms with Crippen molar-refractivity contribution < 1.29 is 4.79 Å². The summed E-state index contributed by atoms with van der Waals surface area (Å²) in [6, 6.07) is 0.450. The van der Waals surface area contributed by atoms with Crippen LogP contribution in [-0.2, 0) is 0 Å². The number of carbonyl (C=O) groups is 1. The molecular weight excluding hydrogens is 228 g/mol. The Morgan fingerprint density at radius 1 is 1.33 bits per heavy atom. The molecule has 1 aromatic heterocycles. The number of amides is 1. The van der Waals surface area contributed by atoms with Gasteiger partial charge in [0.05, 0.1) is 6.33 Å². The fourth-order valence-electron chi connectivity index (χ4n) is 2.82. The van der Waals surface area contributed by atoms with Crippen LogP contribution in [0.4, 0.5) is 0 Å². The Hall–Kier alpha value is -1.36. The SMILES string of the molecule is O=C(c1cn(C2CCCNC2)cn1)N1CCCC1. The van der Waals surface area contributed by atoms with Crippen LogP contribution in [0, 0.1) is 0 Å². The maximum absolute atomic E-state index is 12.2. The number of hydrogen-bond donors (Lipinski definition) is 1. The first-order valence-electron chi connectivity index (χ1n) is 6.88. The molecule has 5 nitrogen and oxygen atoms in total. The van der Waals surface area contributed by atoms with Crippen molar-refractivity contribution in [1.29, 1.82) is 0 Å². The third kappa shape index (κ3) is 2.27. The smallest absolute Gasteiger partial charge is 0.274 e. The number of nitrogens with zero attached hydrogens (tertiary/aromatic N) is 3. The second-order valence-electron chi connectivity index (χ2n) is 5.21. The Bertz CT molecular complexity index is 416. The first-order chi connectivity index (χ1) is 8.84. The average molecular weight is 248 g/mol. The summed E-state index contributed by atoms with van der Waals surface area (Å²) in [6.07, 6.45) is 8.33. The highest BCUT2D eigenvalue weighted by Gasteiger charge is 2.22. The van der Waals surface area contributed by atoms with E-state index < -0.39 is 0 Å². The number of carbonyl (C=O) groups excluding carboxylic acids is 1. The molecule has 0 spiro atoms. The van der Waals surface area contributed by atoms with Crippen molar-refractivity contribution in [2.24, 2.45) is 0 Å². The van der Waals surface area contributed by atoms with E-state index in [1.165, 1.54) is 12.8 Å². The van der Waals surface area contributed by atoms with Gasteiger partial charge in [-0.15, -0.1) is 0 Å². The number of nitrogens with one attached hydrogen (secondary N) is 1. The van der Waals surface area contributed by atoms with E-state index in [-0.39, 0.29) is 5.91 Å². The fraction of sp³-hybridized carbons (Fsp3) is 0.692. The van der Waals surface area contributed by atoms with Crippen LogP contribution in [0.5, 0.6) is 0 Å². The molecule has 5 heteroatoms. The summed E-state index contributed by atoms with van der Waals surface area (Å²) in [4.78, 5) is 18.4. The standard InChI is InChI=1S/C13H20N4O/c18-13(16-6-1-2-7-16)12-9-17(10-15-12)11-4-3-5-14-8-11/h9-11,14H,1-8H2. The molecule has 2 saturated heterocycles. The lowest BCUT2D eigenvalue weighted by molar-refractivity contribution is 0.0787. The first kappa shape index (κ1) is 11.7. The van der Waals surface area contributed by atoms with E-state index in [1.54, 1.807) is 6.33 Å². The van der Waals surface area contributed by atoms with E-state index in [1.807, 2.05) is 11.1 Å². The zero-order chi connectivity index (χ0) is 12.4. The molecule has 2 aliphatic rings. The van der Waals surface area contributed by atoms with Crippen molar-refractivity contribution in [3.63, 3.8) is 0 Å². The van der Waals surface area contributed by atoms with Crippen molar-refractivity contribution in [2.45, 2.75) is 31.7 Å². The van der Waals surface area contributed by atoms with Crippen LogP contribution in [0.15, 0.2) is 12.5 Å². The number of piperidine rings is 1. The van der Waals surface area contributed by atoms with E-state index in [0.29, 0.717) is 11.7 Å². The van der Waals surface area contributed by atoms with Crippen molar-refractivity contribution >= 4 is 5.91 Å². The number of likely N-dealkylation sites (tertiary alicyclic amines) is 1. The predicted molar refractivity (Wildman–Crippen MR) is 68.5 cm³/mol. The van der Waals surface area contributed by atoms with Crippen molar-refractivity contribution in [1.82, 2.24) is 19.8 Å². The Morgan fingerprint density at radius 3 is 2.89 bits per heavy atom. The summed E-state index contributed by atoms with van der Waals surface area (Å²) in [5.41, 5.74) is 0.600. The van der Waals surface area contributed by atoms with E-state index in [0.717, 1.165) is 39.0 Å². The van der Waals surface area contributed by atoms with Crippen molar-refractivity contribution in [2.75, 3.05) is 26.2 Å². The van der Waals surface area contributed by atoms with Crippen LogP contribution < -0.4 is 5.32 Å². The first-order valence-corrected chi connectivity index (χ1v) is 6.88. The van der Waals surface area contributed by atoms with Gasteiger partial charge in [0.15, 0.2) is 0 Å². The summed E-state index contributed by atoms with van der Waals surface area (Å²) in [5.74, 6) is 0.0926. The highest BCUT2D eigenvalue weighted by molar-refractivity contribution is 5.92. The molecule has 0 aromatic carbocycles. The minimum atomic E-state index is 0.0926. The molecule has 3 rings (SSSR count). The van der Waals surface area contributed by atoms with Gasteiger partial charge in [-0.3, -0.25) is 4.79 Å². The van der Waals surface area contributed by atoms with E-state index in [4.69, 9.17) is 0 Å². The monoisotopic (exact) mass is 248 g/mol. The number of imidazole rings is 1. The molecule has 0 bridgehead atoms. The van der Waals surface area contributed by atoms with Gasteiger partial charge in [-0.05, 0) is 32.2 Å². The molecule has 1 atom stereocenters. The predicted octanol–water partition coefficient (Wildman–Crippen LogP) is 1.04. The summed E-state index contributed by atoms with van der Waals surface area (Å²) in [7, 11) is 0. The Labute approximate surface area is 107 Å². The van der Waals surface area contributed by atoms with Gasteiger partial charge in [-0.25, -0.2) is 4.98 Å². The van der Waals surface area contributed by atoms with Crippen LogP contribution in [0.25, 0.3) is 0 Å². The molecule has 2 aliphatic heterocycles. The molecule has 0 aliphatic carbocycles. The minimum absolute atomic E-state index is 0.0926. The molecular formula is C13H20N4O. The molecule has 1 aromatic rings. The van der Waals surface area contributed by atoms with E-state index in [2.05, 4.69) is 14.9 Å². The van der Waals surface area contributed by atoms with Crippen LogP contribution in [0.3, 0.4) is 0 Å². The van der Waals surface area contributed by atoms with Crippen LogP contribution in [0.2, 0.25) is 0 Å². The lowest BCUT2D eigenvalue weighted by Crippen LogP contribution is -2.31. The van der Waals surface area contributed by atoms with Gasteiger partial charge in [0.1, 0.15) is 5.69 Å². The fourth-order valence-corrected chi connectivity index (χ4v) is 2.82. The third-order valence-corrected chi connectivity index (χ3v) is 3.91. The maximum Gasteiger partial charge on any atom is 0.274 e. The highest BCUT2D eigenvalue weighted by atomic mass is 16.2. The second-order valence-corrected chi connectivity index (χ2v) is 5.21. The Balaban J connectivity index is 1.70. The van der Waals surface area contributed by atoms with Crippen LogP contribution in [-0.4, -0.2) is 46.5 Å². The van der Waals surface area contributed by atoms with E-state index in [9.17, 15) is 4.79 Å². The van der Waals surface area contributed by atoms with Gasteiger partial charge in [-0.1, -0.05) is 0 Å². The molecule has 98 valence electrons. The topological polar surface area (TPSA) is 50.2 Å². The third-order valence-electron chi connectivity index (χ3n) is 3.91. The molecule has 1 unspecified atom stereocenters. The number of aromatic nitrogens is 2. The van der Waals surface area contributed by atoms with Gasteiger partial charge in [-0.2, -0.15) is 0 Å². The summed E-state index contributed by atoms with van der Waals surface area (Å²) < 4.78 is 2.09. The molecule has 3 heterocycles. The van der Waals surface area contributed by atoms with Crippen LogP contribution >= 0.6 is 0 Å². The minimum Gasteiger partial charge on any atom is -0.337 e. The molecule has 1 N–H and O–H groups in total. The van der Waals surface area contributed by atoms with Crippen LogP contribution in [0.1, 0.15) is 42.2 Å². The Morgan fingerprint density at radius 2 is 2.17 bits per heavy atom. The second kappa shape index (κ2) is 5.10. The van der Waals surface area contributed by atoms with Gasteiger partial charge in [0, 0.05) is 31.9 Å². The largest absolute Gasteiger partial charge is 0.337 e. The zero-order valence-electron chi connectivity index (χ0n) is 10.6. The normalized spacial score (nSPS) is 24.4. The van der Waals surface area contributed by atoms with Gasteiger partial charge in [0.25, 0.3) is 5.91 Å². The lowest BCUT2D eigenvalue weighted by atomic mass is 10.1. The molecule has 0 saturated carbocycles. The quantitative estimate of drug-likeness (QED) is 0.851. The maximum atomic E-state index is 12.2. The number of rotatable bonds is 2. The van der Waals surface area contributed by atoms with Crippen molar-refractivity contribution in [3.05, 3.63) is 18.2 Å². The Kier molecular flexibility index (Phi) is 3.32. The molecule has 0 radical (unpaired) electrons.